The molecule has 0 amide bonds. The van der Waals surface area contributed by atoms with Crippen molar-refractivity contribution in [3.63, 3.8) is 0 Å². The summed E-state index contributed by atoms with van der Waals surface area (Å²) in [5, 5.41) is 2.66. The van der Waals surface area contributed by atoms with Crippen molar-refractivity contribution in [3.05, 3.63) is 138 Å². The zero-order valence-corrected chi connectivity index (χ0v) is 23.2. The van der Waals surface area contributed by atoms with Crippen molar-refractivity contribution in [2.45, 2.75) is 12.6 Å². The summed E-state index contributed by atoms with van der Waals surface area (Å²) in [5.74, 6) is 0. The Morgan fingerprint density at radius 1 is 0.824 bits per heavy atom. The van der Waals surface area contributed by atoms with Gasteiger partial charge in [0.25, 0.3) is 0 Å². The first-order valence-corrected chi connectivity index (χ1v) is 11.9. The van der Waals surface area contributed by atoms with Gasteiger partial charge in [-0.3, -0.25) is 6.08 Å². The van der Waals surface area contributed by atoms with E-state index in [1.54, 1.807) is 6.07 Å². The Kier molecular flexibility index (Phi) is 13.2. The summed E-state index contributed by atoms with van der Waals surface area (Å²) in [6.07, 6.45) is 5.70. The van der Waals surface area contributed by atoms with Crippen LogP contribution < -0.4 is 24.8 Å². The largest absolute Gasteiger partial charge is 1.00 e. The Hall–Kier alpha value is -2.14. The Morgan fingerprint density at radius 3 is 2.06 bits per heavy atom. The fourth-order valence-electron chi connectivity index (χ4n) is 3.12. The van der Waals surface area contributed by atoms with Crippen LogP contribution in [0.1, 0.15) is 23.1 Å². The number of hydrogen-bond acceptors (Lipinski definition) is 0. The molecule has 0 saturated carbocycles. The topological polar surface area (TPSA) is 0 Å². The first-order chi connectivity index (χ1) is 15.5. The number of rotatable bonds is 2. The molecule has 0 atom stereocenters. The van der Waals surface area contributed by atoms with Gasteiger partial charge in [-0.25, -0.2) is 12.2 Å². The van der Waals surface area contributed by atoms with E-state index < -0.39 is 11.7 Å². The fraction of sp³-hybridized carbons (Fsp3) is 0.0714. The van der Waals surface area contributed by atoms with E-state index in [1.807, 2.05) is 42.5 Å². The molecule has 0 aliphatic heterocycles. The van der Waals surface area contributed by atoms with Gasteiger partial charge in [0.1, 0.15) is 0 Å². The van der Waals surface area contributed by atoms with Gasteiger partial charge in [0.15, 0.2) is 0 Å². The monoisotopic (exact) mass is 664 g/mol. The zero-order valence-electron chi connectivity index (χ0n) is 18.1. The fourth-order valence-corrected chi connectivity index (χ4v) is 4.50. The molecule has 0 spiro atoms. The van der Waals surface area contributed by atoms with E-state index in [0.717, 1.165) is 21.3 Å². The van der Waals surface area contributed by atoms with Gasteiger partial charge in [-0.05, 0) is 0 Å². The molecule has 0 unspecified atom stereocenters. The minimum atomic E-state index is -4.30. The summed E-state index contributed by atoms with van der Waals surface area (Å²) in [5.41, 5.74) is 0.600. The minimum Gasteiger partial charge on any atom is -1.00 e. The molecule has 1 aliphatic carbocycles. The number of halogens is 5. The quantitative estimate of drug-likeness (QED) is 0.227. The van der Waals surface area contributed by atoms with Crippen molar-refractivity contribution in [1.82, 2.24) is 0 Å². The molecule has 34 heavy (non-hydrogen) atoms. The van der Waals surface area contributed by atoms with Crippen molar-refractivity contribution >= 4 is 14.0 Å². The van der Waals surface area contributed by atoms with Crippen molar-refractivity contribution < 1.29 is 61.9 Å². The van der Waals surface area contributed by atoms with E-state index in [2.05, 4.69) is 54.6 Å². The summed E-state index contributed by atoms with van der Waals surface area (Å²) in [6.45, 7) is 0. The van der Waals surface area contributed by atoms with Crippen LogP contribution in [-0.4, -0.2) is 3.26 Å². The summed E-state index contributed by atoms with van der Waals surface area (Å²) < 4.78 is 39.5. The summed E-state index contributed by atoms with van der Waals surface area (Å²) >= 11 is 0.563. The van der Waals surface area contributed by atoms with Gasteiger partial charge in [-0.1, -0.05) is 6.07 Å². The number of allylic oxidation sites excluding steroid dienone is 4. The Bertz CT molecular complexity index is 1170. The molecule has 0 bridgehead atoms. The van der Waals surface area contributed by atoms with Crippen LogP contribution in [0.25, 0.3) is 10.8 Å². The first-order valence-electron chi connectivity index (χ1n) is 10.1. The molecule has 6 heteroatoms. The molecule has 5 rings (SSSR count). The second-order valence-electron chi connectivity index (χ2n) is 6.94. The van der Waals surface area contributed by atoms with E-state index >= 15 is 0 Å². The van der Waals surface area contributed by atoms with E-state index in [4.69, 9.17) is 0 Å². The maximum absolute atomic E-state index is 12.9. The van der Waals surface area contributed by atoms with E-state index in [9.17, 15) is 13.2 Å². The van der Waals surface area contributed by atoms with Gasteiger partial charge in [0, 0.05) is 0 Å². The molecule has 0 N–H and O–H groups in total. The Labute approximate surface area is 225 Å². The van der Waals surface area contributed by atoms with Gasteiger partial charge >= 0.3 is 118 Å². The molecule has 4 aromatic rings. The first kappa shape index (κ1) is 29.9. The van der Waals surface area contributed by atoms with E-state index in [0.29, 0.717) is 29.5 Å². The molecule has 1 aliphatic rings. The predicted molar refractivity (Wildman–Crippen MR) is 122 cm³/mol. The number of benzene rings is 3. The summed E-state index contributed by atoms with van der Waals surface area (Å²) in [7, 11) is 0. The van der Waals surface area contributed by atoms with Crippen LogP contribution >= 0.6 is 0 Å². The van der Waals surface area contributed by atoms with Crippen LogP contribution in [0.15, 0.2) is 115 Å². The second kappa shape index (κ2) is 15.0. The van der Waals surface area contributed by atoms with Gasteiger partial charge < -0.3 is 24.8 Å². The number of alkyl halides is 3. The maximum atomic E-state index is 12.9. The van der Waals surface area contributed by atoms with Crippen LogP contribution in [0.4, 0.5) is 13.2 Å². The second-order valence-corrected chi connectivity index (χ2v) is 8.74. The van der Waals surface area contributed by atoms with Crippen molar-refractivity contribution in [2.75, 3.05) is 0 Å². The third-order valence-electron chi connectivity index (χ3n) is 4.70. The van der Waals surface area contributed by atoms with Crippen molar-refractivity contribution in [3.8, 4) is 0 Å². The average Bonchev–Trinajstić information content (AvgIpc) is 3.54. The predicted octanol–water partition coefficient (Wildman–Crippen LogP) is 1.69. The van der Waals surface area contributed by atoms with Crippen molar-refractivity contribution in [1.29, 1.82) is 0 Å². The van der Waals surface area contributed by atoms with E-state index in [-0.39, 0.29) is 24.8 Å². The summed E-state index contributed by atoms with van der Waals surface area (Å²) in [6, 6.07) is 29.6. The average molecular weight is 664 g/mol. The third kappa shape index (κ3) is 8.90. The smallest absolute Gasteiger partial charge is 0.0809 e. The molecule has 0 nitrogen and oxygen atoms in total. The maximum Gasteiger partial charge on any atom is -0.0809 e. The molecule has 0 heterocycles. The molecule has 0 radical (unpaired) electrons. The van der Waals surface area contributed by atoms with Crippen LogP contribution in [-0.2, 0) is 30.1 Å². The molecule has 174 valence electrons. The van der Waals surface area contributed by atoms with E-state index in [1.165, 1.54) is 22.9 Å². The van der Waals surface area contributed by atoms with Gasteiger partial charge in [0.2, 0.25) is 0 Å². The van der Waals surface area contributed by atoms with Gasteiger partial charge in [-0.15, -0.1) is 36.1 Å². The standard InChI is InChI=1S/C14H9F3.C9H7.C5H5.2ClH.Hf/c15-14(16,17)13-9-5-4-8-12(13)10-11-6-2-1-3-7-11;1-2-5-9-7-3-6-8(9)4-1;1-2-4-5-3-1;;;/h1-9H;1-7H;1-3H,4H2;2*1H;/q;2*-1;;;+2/p-2. The molecule has 0 aromatic heterocycles. The van der Waals surface area contributed by atoms with Crippen LogP contribution in [0.2, 0.25) is 0 Å². The molecule has 0 saturated heterocycles. The van der Waals surface area contributed by atoms with Gasteiger partial charge in [0.05, 0.1) is 0 Å². The third-order valence-corrected chi connectivity index (χ3v) is 6.70. The number of fused-ring (bicyclic) bond motifs is 1. The van der Waals surface area contributed by atoms with Crippen molar-refractivity contribution in [2.24, 2.45) is 0 Å². The van der Waals surface area contributed by atoms with Gasteiger partial charge in [-0.2, -0.15) is 23.6 Å². The molecular weight excluding hydrogens is 643 g/mol. The van der Waals surface area contributed by atoms with Crippen LogP contribution in [0.3, 0.4) is 0 Å². The molecule has 4 aromatic carbocycles. The molecule has 0 fully saturated rings. The minimum absolute atomic E-state index is 0. The Morgan fingerprint density at radius 2 is 1.47 bits per heavy atom. The van der Waals surface area contributed by atoms with Crippen LogP contribution in [0, 0.1) is 6.08 Å². The summed E-state index contributed by atoms with van der Waals surface area (Å²) in [4.78, 5) is 0. The number of hydrogen-bond donors (Lipinski definition) is 0. The van der Waals surface area contributed by atoms with Crippen LogP contribution in [0.5, 0.6) is 0 Å². The molecular formula is C28H21Cl2F3Hf-2. The Balaban J connectivity index is 0.000000299. The SMILES string of the molecule is FC(F)(F)c1ccccc1[C](=[Hf+2])c1ccccc1.[C-]1=CC=CC1.[Cl-].[Cl-].c1ccc2[cH-]ccc2c1. The normalized spacial score (nSPS) is 11.3. The zero-order chi connectivity index (χ0) is 22.8.